The van der Waals surface area contributed by atoms with Gasteiger partial charge in [-0.25, -0.2) is 0 Å². The van der Waals surface area contributed by atoms with Gasteiger partial charge in [0.1, 0.15) is 0 Å². The fourth-order valence-corrected chi connectivity index (χ4v) is 0.847. The Morgan fingerprint density at radius 3 is 2.00 bits per heavy atom. The predicted octanol–water partition coefficient (Wildman–Crippen LogP) is 1.51. The van der Waals surface area contributed by atoms with E-state index in [1.54, 1.807) is 0 Å². The van der Waals surface area contributed by atoms with E-state index >= 15 is 0 Å². The highest BCUT2D eigenvalue weighted by atomic mass is 16.6. The molecular weight excluding hydrogens is 144 g/mol. The van der Waals surface area contributed by atoms with Gasteiger partial charge < -0.3 is 4.74 Å². The van der Waals surface area contributed by atoms with Gasteiger partial charge in [0, 0.05) is 6.92 Å². The third-order valence-electron chi connectivity index (χ3n) is 1.56. The molecule has 0 aliphatic carbocycles. The van der Waals surface area contributed by atoms with Crippen LogP contribution >= 0.6 is 0 Å². The molecule has 0 N–H and O–H groups in total. The van der Waals surface area contributed by atoms with Crippen molar-refractivity contribution in [2.45, 2.75) is 33.6 Å². The number of ether oxygens (including phenoxy) is 1. The average molecular weight is 158 g/mol. The lowest BCUT2D eigenvalue weighted by molar-refractivity contribution is -0.161. The van der Waals surface area contributed by atoms with Crippen LogP contribution in [0.2, 0.25) is 0 Å². The lowest BCUT2D eigenvalue weighted by Gasteiger charge is -2.08. The van der Waals surface area contributed by atoms with Gasteiger partial charge in [-0.2, -0.15) is 0 Å². The summed E-state index contributed by atoms with van der Waals surface area (Å²) in [7, 11) is 0. The van der Waals surface area contributed by atoms with E-state index in [9.17, 15) is 9.59 Å². The van der Waals surface area contributed by atoms with Crippen LogP contribution in [0.15, 0.2) is 0 Å². The molecule has 0 bridgehead atoms. The molecule has 0 aliphatic heterocycles. The first-order valence-corrected chi connectivity index (χ1v) is 3.84. The molecule has 3 nitrogen and oxygen atoms in total. The quantitative estimate of drug-likeness (QED) is 0.462. The Morgan fingerprint density at radius 1 is 1.27 bits per heavy atom. The van der Waals surface area contributed by atoms with Crippen LogP contribution in [0, 0.1) is 5.92 Å². The highest BCUT2D eigenvalue weighted by Gasteiger charge is 2.16. The summed E-state index contributed by atoms with van der Waals surface area (Å²) in [5.41, 5.74) is 0. The summed E-state index contributed by atoms with van der Waals surface area (Å²) in [4.78, 5) is 21.3. The fraction of sp³-hybridized carbons (Fsp3) is 0.750. The zero-order valence-corrected chi connectivity index (χ0v) is 7.22. The van der Waals surface area contributed by atoms with Crippen molar-refractivity contribution in [2.24, 2.45) is 5.92 Å². The molecule has 0 aromatic rings. The van der Waals surface area contributed by atoms with Gasteiger partial charge in [-0.15, -0.1) is 0 Å². The fourth-order valence-electron chi connectivity index (χ4n) is 0.847. The van der Waals surface area contributed by atoms with Crippen molar-refractivity contribution in [1.29, 1.82) is 0 Å². The normalized spacial score (nSPS) is 9.82. The van der Waals surface area contributed by atoms with Gasteiger partial charge in [-0.1, -0.05) is 13.8 Å². The van der Waals surface area contributed by atoms with Crippen LogP contribution in [0.3, 0.4) is 0 Å². The maximum atomic E-state index is 11.0. The summed E-state index contributed by atoms with van der Waals surface area (Å²) < 4.78 is 4.42. The summed E-state index contributed by atoms with van der Waals surface area (Å²) in [5, 5.41) is 0. The molecule has 0 aromatic heterocycles. The highest BCUT2D eigenvalue weighted by molar-refractivity contribution is 5.85. The van der Waals surface area contributed by atoms with Crippen LogP contribution in [-0.2, 0) is 14.3 Å². The number of hydrogen-bond donors (Lipinski definition) is 0. The van der Waals surface area contributed by atoms with Gasteiger partial charge in [0.2, 0.25) is 0 Å². The van der Waals surface area contributed by atoms with Crippen molar-refractivity contribution in [3.05, 3.63) is 0 Å². The van der Waals surface area contributed by atoms with E-state index < -0.39 is 11.9 Å². The maximum absolute atomic E-state index is 11.0. The summed E-state index contributed by atoms with van der Waals surface area (Å²) in [6.07, 6.45) is 1.45. The van der Waals surface area contributed by atoms with Crippen molar-refractivity contribution >= 4 is 11.9 Å². The number of carbonyl (C=O) groups excluding carboxylic acids is 2. The van der Waals surface area contributed by atoms with Crippen molar-refractivity contribution in [1.82, 2.24) is 0 Å². The molecule has 3 heteroatoms. The molecule has 0 amide bonds. The molecule has 0 spiro atoms. The minimum atomic E-state index is -0.526. The predicted molar refractivity (Wildman–Crippen MR) is 40.8 cm³/mol. The van der Waals surface area contributed by atoms with Crippen LogP contribution in [0.25, 0.3) is 0 Å². The molecule has 0 saturated carbocycles. The van der Waals surface area contributed by atoms with Gasteiger partial charge in [-0.3, -0.25) is 9.59 Å². The van der Waals surface area contributed by atoms with E-state index in [1.165, 1.54) is 6.92 Å². The zero-order chi connectivity index (χ0) is 8.85. The molecule has 0 aliphatic rings. The molecule has 0 atom stereocenters. The Balaban J connectivity index is 3.89. The minimum Gasteiger partial charge on any atom is -0.393 e. The molecule has 0 rings (SSSR count). The second-order valence-electron chi connectivity index (χ2n) is 2.43. The van der Waals surface area contributed by atoms with Crippen LogP contribution in [0.1, 0.15) is 33.6 Å². The molecule has 64 valence electrons. The molecule has 0 unspecified atom stereocenters. The summed E-state index contributed by atoms with van der Waals surface area (Å²) in [5.74, 6) is -1.05. The number of hydrogen-bond acceptors (Lipinski definition) is 3. The largest absolute Gasteiger partial charge is 0.393 e. The molecule has 0 heterocycles. The Bertz CT molecular complexity index is 147. The molecule has 11 heavy (non-hydrogen) atoms. The van der Waals surface area contributed by atoms with Crippen molar-refractivity contribution in [3.8, 4) is 0 Å². The molecule has 0 radical (unpaired) electrons. The van der Waals surface area contributed by atoms with E-state index in [0.29, 0.717) is 0 Å². The lowest BCUT2D eigenvalue weighted by Crippen LogP contribution is -2.18. The Kier molecular flexibility index (Phi) is 4.50. The number of rotatable bonds is 3. The smallest absolute Gasteiger partial charge is 0.316 e. The Labute approximate surface area is 66.7 Å². The zero-order valence-electron chi connectivity index (χ0n) is 7.22. The van der Waals surface area contributed by atoms with Crippen molar-refractivity contribution in [3.63, 3.8) is 0 Å². The standard InChI is InChI=1S/C8H14O3/c1-4-7(5-2)8(10)11-6(3)9/h7H,4-5H2,1-3H3. The van der Waals surface area contributed by atoms with Crippen LogP contribution in [0.5, 0.6) is 0 Å². The van der Waals surface area contributed by atoms with E-state index in [2.05, 4.69) is 4.74 Å². The second kappa shape index (κ2) is 4.88. The minimum absolute atomic E-state index is 0.126. The van der Waals surface area contributed by atoms with Gasteiger partial charge >= 0.3 is 11.9 Å². The van der Waals surface area contributed by atoms with E-state index in [4.69, 9.17) is 0 Å². The van der Waals surface area contributed by atoms with Crippen molar-refractivity contribution < 1.29 is 14.3 Å². The van der Waals surface area contributed by atoms with Crippen LogP contribution < -0.4 is 0 Å². The monoisotopic (exact) mass is 158 g/mol. The summed E-state index contributed by atoms with van der Waals surface area (Å²) >= 11 is 0. The molecule has 0 fully saturated rings. The summed E-state index contributed by atoms with van der Waals surface area (Å²) in [6.45, 7) is 5.03. The average Bonchev–Trinajstić information content (AvgIpc) is 1.88. The lowest BCUT2D eigenvalue weighted by atomic mass is 10.0. The Morgan fingerprint density at radius 2 is 1.73 bits per heavy atom. The first-order valence-electron chi connectivity index (χ1n) is 3.84. The maximum Gasteiger partial charge on any atom is 0.316 e. The van der Waals surface area contributed by atoms with Gasteiger partial charge in [0.05, 0.1) is 5.92 Å². The third kappa shape index (κ3) is 3.75. The second-order valence-corrected chi connectivity index (χ2v) is 2.43. The van der Waals surface area contributed by atoms with E-state index in [1.807, 2.05) is 13.8 Å². The molecule has 0 aromatic carbocycles. The first kappa shape index (κ1) is 10.1. The number of carbonyl (C=O) groups is 2. The van der Waals surface area contributed by atoms with Gasteiger partial charge in [0.15, 0.2) is 0 Å². The van der Waals surface area contributed by atoms with Gasteiger partial charge in [-0.05, 0) is 12.8 Å². The summed E-state index contributed by atoms with van der Waals surface area (Å²) in [6, 6.07) is 0. The number of esters is 2. The highest BCUT2D eigenvalue weighted by Crippen LogP contribution is 2.09. The van der Waals surface area contributed by atoms with Crippen LogP contribution in [0.4, 0.5) is 0 Å². The molecule has 0 saturated heterocycles. The molecular formula is C8H14O3. The van der Waals surface area contributed by atoms with Crippen LogP contribution in [-0.4, -0.2) is 11.9 Å². The van der Waals surface area contributed by atoms with E-state index in [-0.39, 0.29) is 5.92 Å². The first-order chi connectivity index (χ1) is 5.11. The SMILES string of the molecule is CCC(CC)C(=O)OC(C)=O. The Hall–Kier alpha value is -0.860. The third-order valence-corrected chi connectivity index (χ3v) is 1.56. The van der Waals surface area contributed by atoms with Gasteiger partial charge in [0.25, 0.3) is 0 Å². The van der Waals surface area contributed by atoms with Crippen molar-refractivity contribution in [2.75, 3.05) is 0 Å². The topological polar surface area (TPSA) is 43.4 Å². The van der Waals surface area contributed by atoms with E-state index in [0.717, 1.165) is 12.8 Å².